The van der Waals surface area contributed by atoms with Gasteiger partial charge in [-0.1, -0.05) is 43.2 Å². The molecule has 18 heteroatoms. The summed E-state index contributed by atoms with van der Waals surface area (Å²) in [6.07, 6.45) is 3.96. The summed E-state index contributed by atoms with van der Waals surface area (Å²) >= 11 is 0. The molecule has 0 radical (unpaired) electrons. The van der Waals surface area contributed by atoms with E-state index in [1.807, 2.05) is 24.3 Å². The molecule has 1 atom stereocenters. The van der Waals surface area contributed by atoms with Crippen molar-refractivity contribution in [2.45, 2.75) is 62.7 Å². The number of aliphatic carboxylic acids is 1. The van der Waals surface area contributed by atoms with E-state index in [2.05, 4.69) is 36.4 Å². The number of unbranched alkanes of at least 4 members (excludes halogenated alkanes) is 3. The second-order valence-electron chi connectivity index (χ2n) is 14.0. The van der Waals surface area contributed by atoms with E-state index in [0.29, 0.717) is 65.5 Å². The van der Waals surface area contributed by atoms with Gasteiger partial charge in [-0.3, -0.25) is 19.2 Å². The van der Waals surface area contributed by atoms with Crippen LogP contribution in [0.3, 0.4) is 0 Å². The van der Waals surface area contributed by atoms with Crippen LogP contribution in [0, 0.1) is 0 Å². The number of nitrogens with zero attached hydrogens (tertiary/aromatic N) is 4. The molecule has 0 saturated heterocycles. The summed E-state index contributed by atoms with van der Waals surface area (Å²) in [5.74, 6) is -0.838. The number of pyridine rings is 1. The SMILES string of the molecule is CN(Cc1nc2ccccc2[nH]1)C(=O)c1ccc2c(c1)CN(CCCCCCNC(=O)c1ccc(NNCc3ccccc3S(O)(O)O)nc1)C(=O)[C@H](CC(=O)O)N2. The topological polar surface area (TPSA) is 245 Å². The molecule has 5 aromatic rings. The summed E-state index contributed by atoms with van der Waals surface area (Å²) in [4.78, 5) is 66.7. The van der Waals surface area contributed by atoms with Crippen molar-refractivity contribution >= 4 is 57.1 Å². The van der Waals surface area contributed by atoms with Crippen LogP contribution in [-0.4, -0.2) is 93.4 Å². The zero-order valence-corrected chi connectivity index (χ0v) is 32.7. The number of aromatic amines is 1. The van der Waals surface area contributed by atoms with Gasteiger partial charge in [0.15, 0.2) is 0 Å². The van der Waals surface area contributed by atoms with Gasteiger partial charge in [0.25, 0.3) is 11.8 Å². The molecule has 306 valence electrons. The second-order valence-corrected chi connectivity index (χ2v) is 15.5. The maximum atomic E-state index is 13.5. The average Bonchev–Trinajstić information content (AvgIpc) is 3.56. The van der Waals surface area contributed by atoms with Crippen molar-refractivity contribution in [3.05, 3.63) is 113 Å². The molecule has 0 bridgehead atoms. The summed E-state index contributed by atoms with van der Waals surface area (Å²) in [7, 11) is -2.17. The van der Waals surface area contributed by atoms with E-state index < -0.39 is 22.9 Å². The number of aromatic nitrogens is 3. The Labute approximate surface area is 336 Å². The summed E-state index contributed by atoms with van der Waals surface area (Å²) in [6.45, 7) is 1.48. The number of nitrogens with one attached hydrogen (secondary N) is 5. The van der Waals surface area contributed by atoms with E-state index in [1.54, 1.807) is 65.4 Å². The zero-order valence-electron chi connectivity index (χ0n) is 31.9. The molecule has 3 amide bonds. The first-order chi connectivity index (χ1) is 27.9. The van der Waals surface area contributed by atoms with E-state index in [0.717, 1.165) is 23.9 Å². The molecule has 0 fully saturated rings. The van der Waals surface area contributed by atoms with Crippen LogP contribution in [0.4, 0.5) is 11.5 Å². The lowest BCUT2D eigenvalue weighted by Crippen LogP contribution is -2.42. The van der Waals surface area contributed by atoms with Crippen LogP contribution >= 0.6 is 10.9 Å². The van der Waals surface area contributed by atoms with Crippen LogP contribution in [-0.2, 0) is 29.2 Å². The Hall–Kier alpha value is -6.05. The lowest BCUT2D eigenvalue weighted by Gasteiger charge is -2.24. The minimum atomic E-state index is -3.87. The third-order valence-corrected chi connectivity index (χ3v) is 10.6. The van der Waals surface area contributed by atoms with Gasteiger partial charge in [0.05, 0.1) is 34.5 Å². The molecular formula is C40H47N9O8S. The normalized spacial score (nSPS) is 14.3. The standard InChI is InChI=1S/C40H47N9O8S/c1-48(25-36-45-31-11-5-6-12-32(31)46-36)39(53)26-14-16-30-29(20-26)24-49(40(54)33(44-30)21-37(50)51)19-9-3-2-8-18-41-38(52)28-15-17-35(42-22-28)47-43-23-27-10-4-7-13-34(27)58(55,56)57/h4-7,10-17,20,22,33,43-44,55-57H,2-3,8-9,18-19,21,23-25H2,1H3,(H,41,52)(H,42,47)(H,45,46)(H,50,51)/t33-/m0/s1. The van der Waals surface area contributed by atoms with Gasteiger partial charge in [-0.2, -0.15) is 0 Å². The molecule has 2 aromatic heterocycles. The number of carboxylic acid groups (broad SMARTS) is 1. The van der Waals surface area contributed by atoms with E-state index in [4.69, 9.17) is 0 Å². The highest BCUT2D eigenvalue weighted by Crippen LogP contribution is 2.45. The monoisotopic (exact) mass is 813 g/mol. The number of carbonyl (C=O) groups excluding carboxylic acids is 3. The highest BCUT2D eigenvalue weighted by molar-refractivity contribution is 8.19. The molecule has 3 heterocycles. The third kappa shape index (κ3) is 10.9. The minimum Gasteiger partial charge on any atom is -0.481 e. The highest BCUT2D eigenvalue weighted by atomic mass is 32.3. The Balaban J connectivity index is 0.951. The number of amides is 3. The van der Waals surface area contributed by atoms with Crippen LogP contribution in [0.2, 0.25) is 0 Å². The number of carboxylic acids is 1. The first kappa shape index (κ1) is 41.6. The van der Waals surface area contributed by atoms with Crippen molar-refractivity contribution < 1.29 is 37.9 Å². The molecule has 6 rings (SSSR count). The molecule has 58 heavy (non-hydrogen) atoms. The number of H-pyrrole nitrogens is 1. The van der Waals surface area contributed by atoms with Gasteiger partial charge >= 0.3 is 5.97 Å². The predicted molar refractivity (Wildman–Crippen MR) is 219 cm³/mol. The maximum Gasteiger partial charge on any atom is 0.305 e. The van der Waals surface area contributed by atoms with Crippen molar-refractivity contribution in [2.75, 3.05) is 30.9 Å². The number of benzene rings is 3. The highest BCUT2D eigenvalue weighted by Gasteiger charge is 2.31. The summed E-state index contributed by atoms with van der Waals surface area (Å²) in [6, 6.07) is 21.4. The fourth-order valence-electron chi connectivity index (χ4n) is 6.69. The average molecular weight is 814 g/mol. The number of para-hydroxylation sites is 2. The van der Waals surface area contributed by atoms with Gasteiger partial charge in [-0.25, -0.2) is 15.4 Å². The van der Waals surface area contributed by atoms with E-state index >= 15 is 0 Å². The van der Waals surface area contributed by atoms with Crippen molar-refractivity contribution in [2.24, 2.45) is 0 Å². The molecule has 9 N–H and O–H groups in total. The fourth-order valence-corrected chi connectivity index (χ4v) is 7.44. The zero-order chi connectivity index (χ0) is 41.2. The van der Waals surface area contributed by atoms with Crippen molar-refractivity contribution in [1.82, 2.24) is 35.5 Å². The van der Waals surface area contributed by atoms with Crippen molar-refractivity contribution in [1.29, 1.82) is 0 Å². The van der Waals surface area contributed by atoms with E-state index in [-0.39, 0.29) is 48.7 Å². The number of hydrogen-bond acceptors (Lipinski definition) is 12. The molecule has 0 unspecified atom stereocenters. The fraction of sp³-hybridized carbons (Fsp3) is 0.300. The quantitative estimate of drug-likeness (QED) is 0.0392. The van der Waals surface area contributed by atoms with Gasteiger partial charge < -0.3 is 49.6 Å². The van der Waals surface area contributed by atoms with E-state index in [1.165, 1.54) is 12.3 Å². The molecule has 0 spiro atoms. The number of carbonyl (C=O) groups is 4. The van der Waals surface area contributed by atoms with Crippen LogP contribution in [0.1, 0.15) is 69.8 Å². The summed E-state index contributed by atoms with van der Waals surface area (Å²) in [5, 5.41) is 15.5. The largest absolute Gasteiger partial charge is 0.481 e. The van der Waals surface area contributed by atoms with Gasteiger partial charge in [0.2, 0.25) is 5.91 Å². The molecule has 1 aliphatic rings. The van der Waals surface area contributed by atoms with E-state index in [9.17, 15) is 37.9 Å². The lowest BCUT2D eigenvalue weighted by atomic mass is 10.1. The lowest BCUT2D eigenvalue weighted by molar-refractivity contribution is -0.141. The minimum absolute atomic E-state index is 0.0246. The van der Waals surface area contributed by atoms with Gasteiger partial charge in [0.1, 0.15) is 28.6 Å². The first-order valence-electron chi connectivity index (χ1n) is 18.8. The van der Waals surface area contributed by atoms with Gasteiger partial charge in [-0.05, 0) is 72.5 Å². The Morgan fingerprint density at radius 2 is 1.71 bits per heavy atom. The van der Waals surface area contributed by atoms with Crippen LogP contribution < -0.4 is 21.5 Å². The Kier molecular flexibility index (Phi) is 13.6. The smallest absolute Gasteiger partial charge is 0.305 e. The number of fused-ring (bicyclic) bond motifs is 2. The summed E-state index contributed by atoms with van der Waals surface area (Å²) < 4.78 is 28.9. The Bertz CT molecular complexity index is 2210. The Morgan fingerprint density at radius 3 is 2.47 bits per heavy atom. The van der Waals surface area contributed by atoms with Gasteiger partial charge in [-0.15, -0.1) is 0 Å². The third-order valence-electron chi connectivity index (χ3n) is 9.63. The number of anilines is 2. The number of imidazole rings is 1. The maximum absolute atomic E-state index is 13.5. The summed E-state index contributed by atoms with van der Waals surface area (Å²) in [5.41, 5.74) is 10.1. The molecule has 1 aliphatic heterocycles. The van der Waals surface area contributed by atoms with Crippen molar-refractivity contribution in [3.8, 4) is 0 Å². The molecular weight excluding hydrogens is 767 g/mol. The van der Waals surface area contributed by atoms with Gasteiger partial charge in [0, 0.05) is 50.7 Å². The number of rotatable bonds is 18. The molecule has 0 saturated carbocycles. The number of hydrogen-bond donors (Lipinski definition) is 9. The predicted octanol–water partition coefficient (Wildman–Crippen LogP) is 5.52. The number of hydrazine groups is 1. The second kappa shape index (κ2) is 18.9. The van der Waals surface area contributed by atoms with Crippen molar-refractivity contribution in [3.63, 3.8) is 0 Å². The van der Waals surface area contributed by atoms with Crippen LogP contribution in [0.15, 0.2) is 90.0 Å². The Morgan fingerprint density at radius 1 is 0.948 bits per heavy atom. The first-order valence-corrected chi connectivity index (χ1v) is 20.3. The molecule has 17 nitrogen and oxygen atoms in total. The molecule has 0 aliphatic carbocycles. The van der Waals surface area contributed by atoms with Crippen LogP contribution in [0.25, 0.3) is 11.0 Å². The molecule has 3 aromatic carbocycles. The van der Waals surface area contributed by atoms with Crippen LogP contribution in [0.5, 0.6) is 0 Å².